The zero-order chi connectivity index (χ0) is 19.2. The van der Waals surface area contributed by atoms with Gasteiger partial charge in [-0.25, -0.2) is 0 Å². The second-order valence-corrected chi connectivity index (χ2v) is 7.58. The molecule has 27 heavy (non-hydrogen) atoms. The van der Waals surface area contributed by atoms with Crippen LogP contribution < -0.4 is 0 Å². The number of aromatic nitrogens is 1. The molecule has 0 bridgehead atoms. The lowest BCUT2D eigenvalue weighted by atomic mass is 9.65. The smallest absolute Gasteiger partial charge is 0.327 e. The predicted molar refractivity (Wildman–Crippen MR) is 105 cm³/mol. The normalized spacial score (nSPS) is 18.1. The van der Waals surface area contributed by atoms with Gasteiger partial charge in [0.15, 0.2) is 5.41 Å². The van der Waals surface area contributed by atoms with Crippen LogP contribution in [0.1, 0.15) is 28.5 Å². The number of benzene rings is 1. The van der Waals surface area contributed by atoms with Crippen molar-refractivity contribution in [3.05, 3.63) is 64.5 Å². The Balaban J connectivity index is 2.04. The third-order valence-electron chi connectivity index (χ3n) is 5.38. The van der Waals surface area contributed by atoms with Gasteiger partial charge in [-0.3, -0.25) is 9.59 Å². The van der Waals surface area contributed by atoms with E-state index in [1.165, 1.54) is 14.2 Å². The first-order valence-corrected chi connectivity index (χ1v) is 9.43. The van der Waals surface area contributed by atoms with Gasteiger partial charge in [-0.15, -0.1) is 11.3 Å². The minimum absolute atomic E-state index is 0.153. The number of aromatic amines is 1. The van der Waals surface area contributed by atoms with Gasteiger partial charge in [-0.2, -0.15) is 0 Å². The summed E-state index contributed by atoms with van der Waals surface area (Å²) in [4.78, 5) is 30.1. The molecule has 0 spiro atoms. The molecule has 4 rings (SSSR count). The first-order valence-electron chi connectivity index (χ1n) is 8.55. The largest absolute Gasteiger partial charge is 0.468 e. The zero-order valence-corrected chi connectivity index (χ0v) is 15.9. The maximum atomic E-state index is 12.8. The van der Waals surface area contributed by atoms with Crippen molar-refractivity contribution in [3.63, 3.8) is 0 Å². The molecule has 0 aliphatic heterocycles. The Bertz CT molecular complexity index is 1030. The van der Waals surface area contributed by atoms with Crippen LogP contribution in [0.25, 0.3) is 16.5 Å². The van der Waals surface area contributed by atoms with Crippen LogP contribution in [0.3, 0.4) is 0 Å². The predicted octanol–water partition coefficient (Wildman–Crippen LogP) is 4.11. The summed E-state index contributed by atoms with van der Waals surface area (Å²) in [6.07, 6.45) is 0.223. The lowest BCUT2D eigenvalue weighted by Crippen LogP contribution is -2.45. The van der Waals surface area contributed by atoms with Crippen molar-refractivity contribution in [3.8, 4) is 0 Å². The number of hydrogen-bond acceptors (Lipinski definition) is 5. The molecule has 0 radical (unpaired) electrons. The summed E-state index contributed by atoms with van der Waals surface area (Å²) in [5, 5.41) is 3.06. The number of nitrogens with one attached hydrogen (secondary N) is 1. The molecule has 1 aliphatic rings. The van der Waals surface area contributed by atoms with E-state index in [-0.39, 0.29) is 12.3 Å². The Morgan fingerprint density at radius 2 is 1.85 bits per heavy atom. The molecule has 5 nitrogen and oxygen atoms in total. The van der Waals surface area contributed by atoms with E-state index in [4.69, 9.17) is 9.47 Å². The molecule has 2 heterocycles. The fourth-order valence-corrected chi connectivity index (χ4v) is 4.92. The van der Waals surface area contributed by atoms with Gasteiger partial charge in [-0.05, 0) is 35.1 Å². The Kier molecular flexibility index (Phi) is 4.15. The number of carbonyl (C=O) groups excluding carboxylic acids is 2. The van der Waals surface area contributed by atoms with E-state index in [2.05, 4.69) is 11.6 Å². The summed E-state index contributed by atoms with van der Waals surface area (Å²) in [6, 6.07) is 11.9. The maximum Gasteiger partial charge on any atom is 0.327 e. The van der Waals surface area contributed by atoms with Crippen LogP contribution in [0, 0.1) is 5.41 Å². The average molecular weight is 381 g/mol. The number of rotatable bonds is 3. The van der Waals surface area contributed by atoms with Crippen LogP contribution >= 0.6 is 11.3 Å². The second-order valence-electron chi connectivity index (χ2n) is 6.60. The number of methoxy groups -OCH3 is 2. The molecular formula is C21H19NO4S. The molecule has 0 fully saturated rings. The van der Waals surface area contributed by atoms with Gasteiger partial charge >= 0.3 is 11.9 Å². The number of fused-ring (bicyclic) bond motifs is 3. The highest BCUT2D eigenvalue weighted by atomic mass is 32.1. The summed E-state index contributed by atoms with van der Waals surface area (Å²) in [5.74, 6) is -1.45. The highest BCUT2D eigenvalue weighted by Crippen LogP contribution is 2.54. The number of thiophene rings is 1. The molecule has 3 aromatic rings. The minimum Gasteiger partial charge on any atom is -0.468 e. The van der Waals surface area contributed by atoms with Crippen molar-refractivity contribution < 1.29 is 19.1 Å². The van der Waals surface area contributed by atoms with Crippen LogP contribution in [0.15, 0.2) is 48.4 Å². The SMILES string of the molecule is C=C1c2[nH]c3ccccc3c2C(c2cccs2)CC1(C(=O)OC)C(=O)OC. The molecule has 6 heteroatoms. The summed E-state index contributed by atoms with van der Waals surface area (Å²) in [7, 11) is 2.56. The van der Waals surface area contributed by atoms with Crippen LogP contribution in [-0.2, 0) is 19.1 Å². The van der Waals surface area contributed by atoms with Crippen molar-refractivity contribution in [2.75, 3.05) is 14.2 Å². The van der Waals surface area contributed by atoms with Gasteiger partial charge in [0.25, 0.3) is 0 Å². The summed E-state index contributed by atoms with van der Waals surface area (Å²) in [5.41, 5.74) is 1.51. The first-order chi connectivity index (χ1) is 13.0. The Morgan fingerprint density at radius 1 is 1.15 bits per heavy atom. The van der Waals surface area contributed by atoms with E-state index in [1.807, 2.05) is 41.8 Å². The zero-order valence-electron chi connectivity index (χ0n) is 15.1. The fourth-order valence-electron chi connectivity index (χ4n) is 4.09. The van der Waals surface area contributed by atoms with Crippen LogP contribution in [0.4, 0.5) is 0 Å². The van der Waals surface area contributed by atoms with Gasteiger partial charge in [0, 0.05) is 27.4 Å². The van der Waals surface area contributed by atoms with E-state index < -0.39 is 17.4 Å². The van der Waals surface area contributed by atoms with Gasteiger partial charge in [0.05, 0.1) is 14.2 Å². The van der Waals surface area contributed by atoms with Crippen molar-refractivity contribution in [2.45, 2.75) is 12.3 Å². The van der Waals surface area contributed by atoms with Crippen molar-refractivity contribution in [2.24, 2.45) is 5.41 Å². The van der Waals surface area contributed by atoms with Crippen LogP contribution in [-0.4, -0.2) is 31.1 Å². The van der Waals surface area contributed by atoms with Crippen molar-refractivity contribution in [1.82, 2.24) is 4.98 Å². The number of esters is 2. The Morgan fingerprint density at radius 3 is 2.48 bits per heavy atom. The maximum absolute atomic E-state index is 12.8. The van der Waals surface area contributed by atoms with Gasteiger partial charge in [-0.1, -0.05) is 30.8 Å². The Labute approximate surface area is 160 Å². The number of hydrogen-bond donors (Lipinski definition) is 1. The third-order valence-corrected chi connectivity index (χ3v) is 6.36. The fraction of sp³-hybridized carbons (Fsp3) is 0.238. The van der Waals surface area contributed by atoms with Crippen LogP contribution in [0.5, 0.6) is 0 Å². The molecule has 0 amide bonds. The molecule has 0 saturated carbocycles. The monoisotopic (exact) mass is 381 g/mol. The molecule has 1 N–H and O–H groups in total. The minimum atomic E-state index is -1.58. The van der Waals surface area contributed by atoms with Gasteiger partial charge in [0.1, 0.15) is 0 Å². The first kappa shape index (κ1) is 17.5. The number of para-hydroxylation sites is 1. The van der Waals surface area contributed by atoms with Crippen molar-refractivity contribution >= 4 is 39.8 Å². The molecule has 0 saturated heterocycles. The molecule has 2 aromatic heterocycles. The summed E-state index contributed by atoms with van der Waals surface area (Å²) in [6.45, 7) is 4.13. The topological polar surface area (TPSA) is 68.4 Å². The number of carbonyl (C=O) groups is 2. The molecule has 1 aliphatic carbocycles. The highest BCUT2D eigenvalue weighted by molar-refractivity contribution is 7.10. The van der Waals surface area contributed by atoms with E-state index in [0.717, 1.165) is 21.3 Å². The molecule has 1 atom stereocenters. The highest BCUT2D eigenvalue weighted by Gasteiger charge is 2.57. The molecule has 1 unspecified atom stereocenters. The third kappa shape index (κ3) is 2.36. The Hall–Kier alpha value is -2.86. The lowest BCUT2D eigenvalue weighted by Gasteiger charge is -2.37. The summed E-state index contributed by atoms with van der Waals surface area (Å²) >= 11 is 1.60. The molecular weight excluding hydrogens is 362 g/mol. The molecule has 1 aromatic carbocycles. The van der Waals surface area contributed by atoms with E-state index in [1.54, 1.807) is 11.3 Å². The summed E-state index contributed by atoms with van der Waals surface area (Å²) < 4.78 is 10.1. The van der Waals surface area contributed by atoms with Gasteiger partial charge in [0.2, 0.25) is 0 Å². The van der Waals surface area contributed by atoms with E-state index >= 15 is 0 Å². The average Bonchev–Trinajstić information content (AvgIpc) is 3.36. The number of ether oxygens (including phenoxy) is 2. The van der Waals surface area contributed by atoms with Gasteiger partial charge < -0.3 is 14.5 Å². The standard InChI is InChI=1S/C21H19NO4S/c1-12-18-17(13-7-4-5-8-15(13)22-18)14(16-9-6-10-27-16)11-21(12,19(23)25-2)20(24)26-3/h4-10,14,22H,1,11H2,2-3H3. The number of H-pyrrole nitrogens is 1. The quantitative estimate of drug-likeness (QED) is 0.548. The second kappa shape index (κ2) is 6.39. The van der Waals surface area contributed by atoms with Crippen LogP contribution in [0.2, 0.25) is 0 Å². The lowest BCUT2D eigenvalue weighted by molar-refractivity contribution is -0.165. The van der Waals surface area contributed by atoms with E-state index in [0.29, 0.717) is 11.3 Å². The molecule has 138 valence electrons. The van der Waals surface area contributed by atoms with E-state index in [9.17, 15) is 9.59 Å². The van der Waals surface area contributed by atoms with Crippen molar-refractivity contribution in [1.29, 1.82) is 0 Å².